The van der Waals surface area contributed by atoms with Crippen LogP contribution in [0.5, 0.6) is 0 Å². The molecule has 0 rings (SSSR count). The van der Waals surface area contributed by atoms with Gasteiger partial charge in [0.25, 0.3) is 5.79 Å². The zero-order chi connectivity index (χ0) is 14.0. The lowest BCUT2D eigenvalue weighted by molar-refractivity contribution is -0.278. The Bertz CT molecular complexity index is 351. The molecule has 3 N–H and O–H groups in total. The van der Waals surface area contributed by atoms with E-state index in [1.807, 2.05) is 0 Å². The van der Waals surface area contributed by atoms with E-state index in [-0.39, 0.29) is 0 Å². The van der Waals surface area contributed by atoms with E-state index in [2.05, 4.69) is 4.74 Å². The lowest BCUT2D eigenvalue weighted by Gasteiger charge is -2.40. The van der Waals surface area contributed by atoms with Gasteiger partial charge in [0, 0.05) is 14.0 Å². The highest BCUT2D eigenvalue weighted by Crippen LogP contribution is 2.29. The van der Waals surface area contributed by atoms with Crippen LogP contribution in [-0.4, -0.2) is 57.3 Å². The van der Waals surface area contributed by atoms with Crippen LogP contribution in [0.2, 0.25) is 0 Å². The molecule has 0 aromatic rings. The molecule has 0 aliphatic rings. The highest BCUT2D eigenvalue weighted by Gasteiger charge is 2.62. The third-order valence-electron chi connectivity index (χ3n) is 2.61. The predicted molar refractivity (Wildman–Crippen MR) is 55.0 cm³/mol. The number of aliphatic hydroxyl groups is 3. The summed E-state index contributed by atoms with van der Waals surface area (Å²) < 4.78 is 4.42. The Morgan fingerprint density at radius 2 is 1.47 bits per heavy atom. The van der Waals surface area contributed by atoms with E-state index in [0.29, 0.717) is 0 Å². The lowest BCUT2D eigenvalue weighted by Crippen LogP contribution is -2.70. The minimum absolute atomic E-state index is 0.819. The maximum Gasteiger partial charge on any atom is 0.266 e. The highest BCUT2D eigenvalue weighted by atomic mass is 16.6. The van der Waals surface area contributed by atoms with Crippen LogP contribution in [0.3, 0.4) is 0 Å². The Balaban J connectivity index is 5.89. The van der Waals surface area contributed by atoms with Crippen molar-refractivity contribution in [3.8, 4) is 0 Å². The number of hydrogen-bond donors (Lipinski definition) is 3. The zero-order valence-corrected chi connectivity index (χ0v) is 10.1. The second kappa shape index (κ2) is 5.01. The van der Waals surface area contributed by atoms with Crippen molar-refractivity contribution in [1.82, 2.24) is 0 Å². The van der Waals surface area contributed by atoms with Crippen LogP contribution in [0.15, 0.2) is 0 Å². The fourth-order valence-corrected chi connectivity index (χ4v) is 1.48. The number of aliphatic hydroxyl groups excluding tert-OH is 1. The van der Waals surface area contributed by atoms with Crippen LogP contribution >= 0.6 is 0 Å². The van der Waals surface area contributed by atoms with Gasteiger partial charge in [-0.2, -0.15) is 0 Å². The number of rotatable bonds is 6. The molecule has 0 heterocycles. The van der Waals surface area contributed by atoms with Crippen molar-refractivity contribution in [3.05, 3.63) is 0 Å². The lowest BCUT2D eigenvalue weighted by atomic mass is 9.80. The normalized spacial score (nSPS) is 19.9. The van der Waals surface area contributed by atoms with Crippen LogP contribution in [0.25, 0.3) is 0 Å². The maximum absolute atomic E-state index is 11.4. The summed E-state index contributed by atoms with van der Waals surface area (Å²) in [4.78, 5) is 33.7. The molecule has 0 radical (unpaired) electrons. The monoisotopic (exact) mass is 248 g/mol. The Kier molecular flexibility index (Phi) is 4.67. The molecule has 3 atom stereocenters. The summed E-state index contributed by atoms with van der Waals surface area (Å²) in [5.74, 6) is -6.25. The first-order valence-corrected chi connectivity index (χ1v) is 4.76. The molecule has 0 aliphatic carbocycles. The molecule has 0 saturated heterocycles. The molecule has 0 saturated carbocycles. The topological polar surface area (TPSA) is 121 Å². The molecular formula is C10H16O7. The zero-order valence-electron chi connectivity index (χ0n) is 10.1. The van der Waals surface area contributed by atoms with Crippen molar-refractivity contribution < 1.29 is 34.4 Å². The van der Waals surface area contributed by atoms with Crippen molar-refractivity contribution in [2.75, 3.05) is 7.11 Å². The average molecular weight is 248 g/mol. The molecule has 0 aromatic carbocycles. The predicted octanol–water partition coefficient (Wildman–Crippen LogP) is -1.82. The van der Waals surface area contributed by atoms with E-state index in [1.54, 1.807) is 0 Å². The molecule has 3 unspecified atom stereocenters. The summed E-state index contributed by atoms with van der Waals surface area (Å²) in [5, 5.41) is 29.4. The van der Waals surface area contributed by atoms with Crippen LogP contribution in [0.1, 0.15) is 20.8 Å². The molecule has 17 heavy (non-hydrogen) atoms. The minimum Gasteiger partial charge on any atom is -0.382 e. The van der Waals surface area contributed by atoms with Crippen LogP contribution in [0.4, 0.5) is 0 Å². The van der Waals surface area contributed by atoms with Crippen LogP contribution in [-0.2, 0) is 19.1 Å². The Morgan fingerprint density at radius 3 is 1.65 bits per heavy atom. The van der Waals surface area contributed by atoms with Crippen molar-refractivity contribution in [2.45, 2.75) is 38.3 Å². The number of carbonyl (C=O) groups is 3. The van der Waals surface area contributed by atoms with Crippen molar-refractivity contribution >= 4 is 17.3 Å². The van der Waals surface area contributed by atoms with Gasteiger partial charge in [-0.1, -0.05) is 0 Å². The first kappa shape index (κ1) is 15.9. The van der Waals surface area contributed by atoms with Gasteiger partial charge in [-0.3, -0.25) is 14.4 Å². The third kappa shape index (κ3) is 2.27. The number of hydrogen-bond acceptors (Lipinski definition) is 7. The second-order valence-corrected chi connectivity index (χ2v) is 3.74. The summed E-state index contributed by atoms with van der Waals surface area (Å²) in [6, 6.07) is 0. The summed E-state index contributed by atoms with van der Waals surface area (Å²) in [7, 11) is 0.863. The number of Topliss-reactive ketones (excluding diaryl/α,β-unsaturated/α-hetero) is 3. The quantitative estimate of drug-likeness (QED) is 0.473. The first-order valence-electron chi connectivity index (χ1n) is 4.76. The van der Waals surface area contributed by atoms with Gasteiger partial charge >= 0.3 is 0 Å². The largest absolute Gasteiger partial charge is 0.382 e. The van der Waals surface area contributed by atoms with Gasteiger partial charge in [-0.25, -0.2) is 0 Å². The Labute approximate surface area is 98.0 Å². The third-order valence-corrected chi connectivity index (χ3v) is 2.61. The van der Waals surface area contributed by atoms with E-state index in [4.69, 9.17) is 0 Å². The van der Waals surface area contributed by atoms with E-state index in [9.17, 15) is 29.7 Å². The first-order chi connectivity index (χ1) is 7.55. The fraction of sp³-hybridized carbons (Fsp3) is 0.700. The van der Waals surface area contributed by atoms with Crippen LogP contribution in [0, 0.1) is 0 Å². The molecule has 0 aromatic heterocycles. The molecule has 0 aliphatic heterocycles. The average Bonchev–Trinajstić information content (AvgIpc) is 2.24. The second-order valence-electron chi connectivity index (χ2n) is 3.74. The molecule has 0 fully saturated rings. The summed E-state index contributed by atoms with van der Waals surface area (Å²) in [6.45, 7) is 2.57. The number of methoxy groups -OCH3 is 1. The van der Waals surface area contributed by atoms with Gasteiger partial charge in [-0.05, 0) is 13.8 Å². The smallest absolute Gasteiger partial charge is 0.266 e. The van der Waals surface area contributed by atoms with Crippen molar-refractivity contribution in [3.63, 3.8) is 0 Å². The highest BCUT2D eigenvalue weighted by molar-refractivity contribution is 6.01. The van der Waals surface area contributed by atoms with Gasteiger partial charge in [-0.15, -0.1) is 0 Å². The SMILES string of the molecule is COC(O)(C(C)=O)C(O)(C(C)=O)C(O)C(C)=O. The van der Waals surface area contributed by atoms with Gasteiger partial charge in [0.1, 0.15) is 0 Å². The summed E-state index contributed by atoms with van der Waals surface area (Å²) in [5.41, 5.74) is -3.04. The number of carbonyl (C=O) groups excluding carboxylic acids is 3. The fourth-order valence-electron chi connectivity index (χ4n) is 1.48. The van der Waals surface area contributed by atoms with Crippen molar-refractivity contribution in [2.24, 2.45) is 0 Å². The summed E-state index contributed by atoms with van der Waals surface area (Å²) >= 11 is 0. The number of ether oxygens (including phenoxy) is 1. The summed E-state index contributed by atoms with van der Waals surface area (Å²) in [6.07, 6.45) is -2.27. The molecule has 0 amide bonds. The van der Waals surface area contributed by atoms with E-state index >= 15 is 0 Å². The molecular weight excluding hydrogens is 232 g/mol. The molecule has 7 nitrogen and oxygen atoms in total. The minimum atomic E-state index is -3.04. The standard InChI is InChI=1S/C10H16O7/c1-5(11)8(14)9(15,6(2)12)10(16,17-4)7(3)13/h8,14-16H,1-4H3. The Hall–Kier alpha value is -1.15. The van der Waals surface area contributed by atoms with E-state index < -0.39 is 34.8 Å². The van der Waals surface area contributed by atoms with E-state index in [0.717, 1.165) is 27.9 Å². The molecule has 98 valence electrons. The van der Waals surface area contributed by atoms with Gasteiger partial charge in [0.2, 0.25) is 5.60 Å². The van der Waals surface area contributed by atoms with Crippen LogP contribution < -0.4 is 0 Å². The van der Waals surface area contributed by atoms with Gasteiger partial charge in [0.05, 0.1) is 0 Å². The maximum atomic E-state index is 11.4. The van der Waals surface area contributed by atoms with Gasteiger partial charge < -0.3 is 20.1 Å². The molecule has 0 bridgehead atoms. The van der Waals surface area contributed by atoms with Crippen molar-refractivity contribution in [1.29, 1.82) is 0 Å². The molecule has 0 spiro atoms. The Morgan fingerprint density at radius 1 is 1.06 bits per heavy atom. The van der Waals surface area contributed by atoms with Gasteiger partial charge in [0.15, 0.2) is 23.5 Å². The molecule has 7 heteroatoms. The number of ketones is 3. The van der Waals surface area contributed by atoms with E-state index in [1.165, 1.54) is 0 Å².